The van der Waals surface area contributed by atoms with Crippen LogP contribution in [0, 0.1) is 5.82 Å². The summed E-state index contributed by atoms with van der Waals surface area (Å²) in [4.78, 5) is 8.29. The Balaban J connectivity index is 1.64. The Kier molecular flexibility index (Phi) is 5.25. The summed E-state index contributed by atoms with van der Waals surface area (Å²) in [6.45, 7) is 0.770. The van der Waals surface area contributed by atoms with Crippen LogP contribution in [0.25, 0.3) is 0 Å². The van der Waals surface area contributed by atoms with Crippen molar-refractivity contribution in [3.05, 3.63) is 48.1 Å². The summed E-state index contributed by atoms with van der Waals surface area (Å²) in [7, 11) is 0. The van der Waals surface area contributed by atoms with Crippen molar-refractivity contribution < 1.29 is 4.39 Å². The Morgan fingerprint density at radius 2 is 1.96 bits per heavy atom. The minimum absolute atomic E-state index is 0.334. The molecule has 0 spiro atoms. The molecule has 1 aromatic heterocycles. The summed E-state index contributed by atoms with van der Waals surface area (Å²) < 4.78 is 13.7. The maximum atomic E-state index is 13.7. The lowest BCUT2D eigenvalue weighted by Gasteiger charge is -2.15. The van der Waals surface area contributed by atoms with E-state index in [2.05, 4.69) is 26.7 Å². The second-order valence-electron chi connectivity index (χ2n) is 5.87. The van der Waals surface area contributed by atoms with E-state index in [9.17, 15) is 4.39 Å². The molecule has 0 fully saturated rings. The smallest absolute Gasteiger partial charge is 0.159 e. The normalized spacial score (nSPS) is 14.1. The van der Waals surface area contributed by atoms with Crippen molar-refractivity contribution in [1.29, 1.82) is 0 Å². The van der Waals surface area contributed by atoms with Gasteiger partial charge in [-0.15, -0.1) is 0 Å². The first-order valence-corrected chi connectivity index (χ1v) is 8.28. The summed E-state index contributed by atoms with van der Waals surface area (Å²) in [6, 6.07) is 6.41. The van der Waals surface area contributed by atoms with Crippen LogP contribution in [0.3, 0.4) is 0 Å². The number of anilines is 4. The lowest BCUT2D eigenvalue weighted by Crippen LogP contribution is -2.10. The van der Waals surface area contributed by atoms with Gasteiger partial charge in [-0.1, -0.05) is 23.8 Å². The number of para-hydroxylation sites is 1. The Bertz CT molecular complexity index is 729. The quantitative estimate of drug-likeness (QED) is 0.692. The summed E-state index contributed by atoms with van der Waals surface area (Å²) in [5, 5.41) is 6.17. The fourth-order valence-corrected chi connectivity index (χ4v) is 2.80. The van der Waals surface area contributed by atoms with Crippen molar-refractivity contribution in [3.63, 3.8) is 0 Å². The van der Waals surface area contributed by atoms with Crippen molar-refractivity contribution in [1.82, 2.24) is 9.97 Å². The van der Waals surface area contributed by atoms with Crippen molar-refractivity contribution in [3.8, 4) is 0 Å². The summed E-state index contributed by atoms with van der Waals surface area (Å²) in [5.74, 6) is 0.615. The fraction of sp³-hybridized carbons (Fsp3) is 0.333. The van der Waals surface area contributed by atoms with Crippen LogP contribution in [-0.4, -0.2) is 16.5 Å². The molecule has 0 saturated heterocycles. The highest BCUT2D eigenvalue weighted by Gasteiger charge is 2.10. The number of hydrogen-bond donors (Lipinski definition) is 3. The van der Waals surface area contributed by atoms with Crippen LogP contribution in [-0.2, 0) is 0 Å². The molecule has 126 valence electrons. The van der Waals surface area contributed by atoms with Crippen LogP contribution >= 0.6 is 0 Å². The third-order valence-electron chi connectivity index (χ3n) is 4.13. The Hall–Kier alpha value is -2.63. The van der Waals surface area contributed by atoms with E-state index in [1.165, 1.54) is 43.7 Å². The molecule has 1 aliphatic rings. The lowest BCUT2D eigenvalue weighted by molar-refractivity contribution is 0.632. The highest BCUT2D eigenvalue weighted by Crippen LogP contribution is 2.27. The van der Waals surface area contributed by atoms with Crippen LogP contribution in [0.4, 0.5) is 27.4 Å². The first-order valence-electron chi connectivity index (χ1n) is 8.28. The van der Waals surface area contributed by atoms with Gasteiger partial charge in [0.2, 0.25) is 0 Å². The minimum Gasteiger partial charge on any atom is -0.393 e. The summed E-state index contributed by atoms with van der Waals surface area (Å²) >= 11 is 0. The van der Waals surface area contributed by atoms with Gasteiger partial charge in [-0.2, -0.15) is 0 Å². The molecule has 0 aliphatic heterocycles. The zero-order valence-electron chi connectivity index (χ0n) is 13.6. The van der Waals surface area contributed by atoms with E-state index in [1.54, 1.807) is 18.2 Å². The first kappa shape index (κ1) is 16.2. The average Bonchev–Trinajstić information content (AvgIpc) is 2.61. The Morgan fingerprint density at radius 1 is 1.12 bits per heavy atom. The van der Waals surface area contributed by atoms with Crippen LogP contribution < -0.4 is 16.4 Å². The van der Waals surface area contributed by atoms with Crippen molar-refractivity contribution in [2.24, 2.45) is 0 Å². The lowest BCUT2D eigenvalue weighted by atomic mass is 9.97. The number of benzene rings is 1. The van der Waals surface area contributed by atoms with Crippen LogP contribution in [0.1, 0.15) is 32.1 Å². The monoisotopic (exact) mass is 327 g/mol. The second kappa shape index (κ2) is 7.77. The van der Waals surface area contributed by atoms with Crippen LogP contribution in [0.5, 0.6) is 0 Å². The maximum Gasteiger partial charge on any atom is 0.159 e. The van der Waals surface area contributed by atoms with Crippen molar-refractivity contribution >= 4 is 23.0 Å². The summed E-state index contributed by atoms with van der Waals surface area (Å²) in [5.41, 5.74) is 8.33. The number of halogens is 1. The van der Waals surface area contributed by atoms with Gasteiger partial charge in [-0.25, -0.2) is 14.4 Å². The predicted octanol–water partition coefficient (Wildman–Crippen LogP) is 4.24. The van der Waals surface area contributed by atoms with Gasteiger partial charge in [0.05, 0.1) is 5.69 Å². The number of nitrogens with one attached hydrogen (secondary N) is 2. The molecule has 0 unspecified atom stereocenters. The zero-order chi connectivity index (χ0) is 16.8. The average molecular weight is 327 g/mol. The van der Waals surface area contributed by atoms with E-state index in [4.69, 9.17) is 5.73 Å². The molecule has 1 aliphatic carbocycles. The number of nitrogen functional groups attached to an aromatic ring is 1. The molecule has 6 heteroatoms. The second-order valence-corrected chi connectivity index (χ2v) is 5.87. The predicted molar refractivity (Wildman–Crippen MR) is 95.8 cm³/mol. The molecule has 0 amide bonds. The Morgan fingerprint density at radius 3 is 2.75 bits per heavy atom. The van der Waals surface area contributed by atoms with E-state index in [0.29, 0.717) is 23.0 Å². The molecule has 1 heterocycles. The number of rotatable bonds is 6. The topological polar surface area (TPSA) is 75.9 Å². The van der Waals surface area contributed by atoms with Crippen LogP contribution in [0.15, 0.2) is 42.2 Å². The molecule has 1 aromatic carbocycles. The van der Waals surface area contributed by atoms with Gasteiger partial charge >= 0.3 is 0 Å². The molecule has 0 atom stereocenters. The molecule has 5 nitrogen and oxygen atoms in total. The van der Waals surface area contributed by atoms with Gasteiger partial charge in [0.15, 0.2) is 11.6 Å². The SMILES string of the molecule is Nc1c(NCCC2=CCCCC2)ncnc1Nc1ccccc1F. The van der Waals surface area contributed by atoms with Crippen molar-refractivity contribution in [2.75, 3.05) is 22.9 Å². The highest BCUT2D eigenvalue weighted by molar-refractivity contribution is 5.77. The zero-order valence-corrected chi connectivity index (χ0v) is 13.6. The molecule has 2 aromatic rings. The molecular formula is C18H22FN5. The van der Waals surface area contributed by atoms with E-state index in [1.807, 2.05) is 0 Å². The number of hydrogen-bond acceptors (Lipinski definition) is 5. The third-order valence-corrected chi connectivity index (χ3v) is 4.13. The number of nitrogens with two attached hydrogens (primary N) is 1. The highest BCUT2D eigenvalue weighted by atomic mass is 19.1. The first-order chi connectivity index (χ1) is 11.7. The molecule has 4 N–H and O–H groups in total. The third kappa shape index (κ3) is 4.01. The molecule has 0 saturated carbocycles. The van der Waals surface area contributed by atoms with Gasteiger partial charge < -0.3 is 16.4 Å². The van der Waals surface area contributed by atoms with Gasteiger partial charge in [0, 0.05) is 6.54 Å². The van der Waals surface area contributed by atoms with E-state index < -0.39 is 0 Å². The van der Waals surface area contributed by atoms with Gasteiger partial charge in [0.1, 0.15) is 17.8 Å². The standard InChI is InChI=1S/C18H22FN5/c19-14-8-4-5-9-15(14)24-18-16(20)17(22-12-23-18)21-11-10-13-6-2-1-3-7-13/h4-6,8-9,12H,1-3,7,10-11,20H2,(H2,21,22,23,24). The molecule has 0 bridgehead atoms. The van der Waals surface area contributed by atoms with Gasteiger partial charge in [-0.3, -0.25) is 0 Å². The number of nitrogens with zero attached hydrogens (tertiary/aromatic N) is 2. The van der Waals surface area contributed by atoms with E-state index >= 15 is 0 Å². The largest absolute Gasteiger partial charge is 0.393 e. The number of aromatic nitrogens is 2. The molecule has 0 radical (unpaired) electrons. The van der Waals surface area contributed by atoms with Crippen LogP contribution in [0.2, 0.25) is 0 Å². The molecule has 24 heavy (non-hydrogen) atoms. The fourth-order valence-electron chi connectivity index (χ4n) is 2.80. The number of allylic oxidation sites excluding steroid dienone is 1. The molecular weight excluding hydrogens is 305 g/mol. The van der Waals surface area contributed by atoms with E-state index in [0.717, 1.165) is 13.0 Å². The molecule has 3 rings (SSSR count). The Labute approximate surface area is 141 Å². The van der Waals surface area contributed by atoms with Gasteiger partial charge in [-0.05, 0) is 44.2 Å². The summed E-state index contributed by atoms with van der Waals surface area (Å²) in [6.07, 6.45) is 9.67. The van der Waals surface area contributed by atoms with E-state index in [-0.39, 0.29) is 5.82 Å². The van der Waals surface area contributed by atoms with Crippen molar-refractivity contribution in [2.45, 2.75) is 32.1 Å². The van der Waals surface area contributed by atoms with Gasteiger partial charge in [0.25, 0.3) is 0 Å². The maximum absolute atomic E-state index is 13.7. The minimum atomic E-state index is -0.353.